The molecule has 1 heterocycles. The Balaban J connectivity index is 2.14. The molecule has 29 heavy (non-hydrogen) atoms. The molecule has 0 fully saturated rings. The quantitative estimate of drug-likeness (QED) is 0.781. The van der Waals surface area contributed by atoms with E-state index in [9.17, 15) is 13.5 Å². The second kappa shape index (κ2) is 8.83. The first-order valence-electron chi connectivity index (χ1n) is 9.93. The maximum atomic E-state index is 13.4. The average molecular weight is 419 g/mol. The van der Waals surface area contributed by atoms with Crippen LogP contribution in [0.4, 0.5) is 0 Å². The molecular formula is C22H30N2O4S. The van der Waals surface area contributed by atoms with Crippen molar-refractivity contribution in [2.75, 3.05) is 26.7 Å². The van der Waals surface area contributed by atoms with Crippen LogP contribution < -0.4 is 10.1 Å². The number of fused-ring (bicyclic) bond motifs is 1. The van der Waals surface area contributed by atoms with E-state index in [-0.39, 0.29) is 30.1 Å². The van der Waals surface area contributed by atoms with Gasteiger partial charge in [-0.25, -0.2) is 8.42 Å². The lowest BCUT2D eigenvalue weighted by atomic mass is 10.0. The van der Waals surface area contributed by atoms with Crippen molar-refractivity contribution in [3.63, 3.8) is 0 Å². The molecule has 6 nitrogen and oxygen atoms in total. The van der Waals surface area contributed by atoms with Crippen LogP contribution >= 0.6 is 0 Å². The number of likely N-dealkylation sites (N-methyl/N-ethyl adjacent to an activating group) is 1. The normalized spacial score (nSPS) is 22.8. The van der Waals surface area contributed by atoms with Crippen LogP contribution in [0.25, 0.3) is 11.1 Å². The second-order valence-corrected chi connectivity index (χ2v) is 9.68. The van der Waals surface area contributed by atoms with Crippen molar-refractivity contribution in [2.24, 2.45) is 5.92 Å². The highest BCUT2D eigenvalue weighted by Gasteiger charge is 2.37. The van der Waals surface area contributed by atoms with E-state index >= 15 is 0 Å². The van der Waals surface area contributed by atoms with Gasteiger partial charge >= 0.3 is 0 Å². The van der Waals surface area contributed by atoms with Crippen LogP contribution in [-0.4, -0.2) is 56.7 Å². The van der Waals surface area contributed by atoms with E-state index in [1.165, 1.54) is 4.31 Å². The van der Waals surface area contributed by atoms with Crippen molar-refractivity contribution in [2.45, 2.75) is 37.8 Å². The summed E-state index contributed by atoms with van der Waals surface area (Å²) in [7, 11) is -1.95. The molecule has 7 heteroatoms. The first kappa shape index (κ1) is 21.8. The molecule has 0 radical (unpaired) electrons. The molecule has 1 aliphatic rings. The molecule has 0 bridgehead atoms. The molecule has 2 aromatic carbocycles. The van der Waals surface area contributed by atoms with Crippen molar-refractivity contribution in [3.05, 3.63) is 48.0 Å². The van der Waals surface area contributed by atoms with Crippen molar-refractivity contribution in [1.29, 1.82) is 0 Å². The zero-order chi connectivity index (χ0) is 21.2. The van der Waals surface area contributed by atoms with E-state index in [2.05, 4.69) is 5.32 Å². The molecule has 3 rings (SSSR count). The number of ether oxygens (including phenoxy) is 1. The lowest BCUT2D eigenvalue weighted by molar-refractivity contribution is 0.103. The largest absolute Gasteiger partial charge is 0.487 e. The van der Waals surface area contributed by atoms with E-state index in [4.69, 9.17) is 4.74 Å². The minimum absolute atomic E-state index is 0.0533. The average Bonchev–Trinajstić information content (AvgIpc) is 2.70. The fraction of sp³-hybridized carbons (Fsp3) is 0.455. The van der Waals surface area contributed by atoms with Gasteiger partial charge in [0.05, 0.1) is 6.61 Å². The summed E-state index contributed by atoms with van der Waals surface area (Å²) >= 11 is 0. The van der Waals surface area contributed by atoms with Gasteiger partial charge < -0.3 is 15.2 Å². The van der Waals surface area contributed by atoms with Gasteiger partial charge in [0.1, 0.15) is 16.7 Å². The predicted octanol–water partition coefficient (Wildman–Crippen LogP) is 2.65. The minimum atomic E-state index is -3.80. The fourth-order valence-corrected chi connectivity index (χ4v) is 5.42. The van der Waals surface area contributed by atoms with Crippen LogP contribution in [0.5, 0.6) is 5.75 Å². The molecule has 158 valence electrons. The van der Waals surface area contributed by atoms with Gasteiger partial charge in [-0.05, 0) is 44.2 Å². The summed E-state index contributed by atoms with van der Waals surface area (Å²) in [5, 5.41) is 12.8. The summed E-state index contributed by atoms with van der Waals surface area (Å²) < 4.78 is 34.4. The Hall–Kier alpha value is -1.93. The van der Waals surface area contributed by atoms with Gasteiger partial charge in [-0.1, -0.05) is 42.8 Å². The number of aliphatic hydroxyl groups is 1. The Morgan fingerprint density at radius 1 is 1.21 bits per heavy atom. The zero-order valence-corrected chi connectivity index (χ0v) is 18.2. The van der Waals surface area contributed by atoms with Crippen LogP contribution in [0.3, 0.4) is 0 Å². The number of aryl methyl sites for hydroxylation is 1. The monoisotopic (exact) mass is 418 g/mol. The number of hydrogen-bond donors (Lipinski definition) is 2. The maximum Gasteiger partial charge on any atom is 0.247 e. The number of nitrogens with one attached hydrogen (secondary N) is 1. The molecule has 0 saturated heterocycles. The highest BCUT2D eigenvalue weighted by molar-refractivity contribution is 7.89. The standard InChI is InChI=1S/C22H30N2O4S/c1-15-5-7-18(8-6-15)19-9-10-22-20(11-19)28-21(12-23-4)16(2)13-24(17(3)14-25)29(22,26)27/h5-11,16-17,21,23,25H,12-14H2,1-4H3/t16-,17+,21+/m1/s1. The Morgan fingerprint density at radius 2 is 1.86 bits per heavy atom. The molecular weight excluding hydrogens is 388 g/mol. The van der Waals surface area contributed by atoms with Gasteiger partial charge in [0.15, 0.2) is 0 Å². The molecule has 0 aromatic heterocycles. The molecule has 0 spiro atoms. The number of rotatable bonds is 5. The molecule has 0 unspecified atom stereocenters. The van der Waals surface area contributed by atoms with E-state index in [1.807, 2.05) is 51.2 Å². The number of benzene rings is 2. The first-order chi connectivity index (χ1) is 13.8. The number of aliphatic hydroxyl groups excluding tert-OH is 1. The Kier molecular flexibility index (Phi) is 6.63. The minimum Gasteiger partial charge on any atom is -0.487 e. The third-order valence-corrected chi connectivity index (χ3v) is 7.48. The topological polar surface area (TPSA) is 78.9 Å². The van der Waals surface area contributed by atoms with Crippen LogP contribution in [-0.2, 0) is 10.0 Å². The van der Waals surface area contributed by atoms with E-state index in [0.29, 0.717) is 12.3 Å². The number of sulfonamides is 1. The van der Waals surface area contributed by atoms with Gasteiger partial charge in [-0.2, -0.15) is 4.31 Å². The third-order valence-electron chi connectivity index (χ3n) is 5.46. The zero-order valence-electron chi connectivity index (χ0n) is 17.4. The van der Waals surface area contributed by atoms with Gasteiger partial charge in [-0.15, -0.1) is 0 Å². The molecule has 0 saturated carbocycles. The summed E-state index contributed by atoms with van der Waals surface area (Å²) in [6.45, 7) is 6.37. The summed E-state index contributed by atoms with van der Waals surface area (Å²) in [6, 6.07) is 12.8. The maximum absolute atomic E-state index is 13.4. The number of hydrogen-bond acceptors (Lipinski definition) is 5. The highest BCUT2D eigenvalue weighted by atomic mass is 32.2. The summed E-state index contributed by atoms with van der Waals surface area (Å²) in [5.41, 5.74) is 3.06. The molecule has 1 aliphatic heterocycles. The van der Waals surface area contributed by atoms with E-state index in [0.717, 1.165) is 16.7 Å². The SMILES string of the molecule is CNC[C@@H]1Oc2cc(-c3ccc(C)cc3)ccc2S(=O)(=O)N([C@@H](C)CO)C[C@H]1C. The van der Waals surface area contributed by atoms with Gasteiger partial charge in [0.25, 0.3) is 0 Å². The smallest absolute Gasteiger partial charge is 0.247 e. The van der Waals surface area contributed by atoms with Gasteiger partial charge in [0, 0.05) is 25.0 Å². The second-order valence-electron chi connectivity index (χ2n) is 7.83. The molecule has 3 atom stereocenters. The van der Waals surface area contributed by atoms with Crippen LogP contribution in [0.15, 0.2) is 47.4 Å². The molecule has 0 amide bonds. The Labute approximate surface area is 173 Å². The summed E-state index contributed by atoms with van der Waals surface area (Å²) in [6.07, 6.45) is -0.198. The van der Waals surface area contributed by atoms with E-state index in [1.54, 1.807) is 19.1 Å². The van der Waals surface area contributed by atoms with Crippen molar-refractivity contribution >= 4 is 10.0 Å². The van der Waals surface area contributed by atoms with Crippen LogP contribution in [0.2, 0.25) is 0 Å². The summed E-state index contributed by atoms with van der Waals surface area (Å²) in [5.74, 6) is 0.299. The summed E-state index contributed by atoms with van der Waals surface area (Å²) in [4.78, 5) is 0.140. The van der Waals surface area contributed by atoms with Gasteiger partial charge in [0.2, 0.25) is 10.0 Å². The lowest BCUT2D eigenvalue weighted by Crippen LogP contribution is -2.49. The molecule has 2 aromatic rings. The molecule has 2 N–H and O–H groups in total. The van der Waals surface area contributed by atoms with Crippen molar-refractivity contribution in [3.8, 4) is 16.9 Å². The Morgan fingerprint density at radius 3 is 2.48 bits per heavy atom. The van der Waals surface area contributed by atoms with Gasteiger partial charge in [-0.3, -0.25) is 0 Å². The van der Waals surface area contributed by atoms with Crippen molar-refractivity contribution in [1.82, 2.24) is 9.62 Å². The third kappa shape index (κ3) is 4.48. The van der Waals surface area contributed by atoms with E-state index < -0.39 is 16.1 Å². The van der Waals surface area contributed by atoms with Crippen LogP contribution in [0, 0.1) is 12.8 Å². The van der Waals surface area contributed by atoms with Crippen LogP contribution in [0.1, 0.15) is 19.4 Å². The number of nitrogens with zero attached hydrogens (tertiary/aromatic N) is 1. The fourth-order valence-electron chi connectivity index (χ4n) is 3.60. The Bertz CT molecular complexity index is 944. The predicted molar refractivity (Wildman–Crippen MR) is 115 cm³/mol. The van der Waals surface area contributed by atoms with Crippen molar-refractivity contribution < 1.29 is 18.3 Å². The lowest BCUT2D eigenvalue weighted by Gasteiger charge is -2.36. The highest BCUT2D eigenvalue weighted by Crippen LogP contribution is 2.36. The molecule has 0 aliphatic carbocycles. The first-order valence-corrected chi connectivity index (χ1v) is 11.4.